The second-order valence-electron chi connectivity index (χ2n) is 4.16. The molecule has 0 amide bonds. The lowest BCUT2D eigenvalue weighted by molar-refractivity contribution is 1.24. The fraction of sp³-hybridized carbons (Fsp3) is 0.333. The van der Waals surface area contributed by atoms with E-state index in [1.165, 1.54) is 41.8 Å². The predicted molar refractivity (Wildman–Crippen MR) is 110 cm³/mol. The van der Waals surface area contributed by atoms with Gasteiger partial charge < -0.3 is 0 Å². The van der Waals surface area contributed by atoms with Crippen molar-refractivity contribution in [3.8, 4) is 0 Å². The van der Waals surface area contributed by atoms with Crippen molar-refractivity contribution in [1.29, 1.82) is 0 Å². The highest BCUT2D eigenvalue weighted by Crippen LogP contribution is 2.69. The molecule has 0 saturated carbocycles. The molecule has 0 aromatic rings. The fourth-order valence-corrected chi connectivity index (χ4v) is 14.0. The van der Waals surface area contributed by atoms with E-state index in [0.717, 1.165) is 0 Å². The Kier molecular flexibility index (Phi) is 4.85. The van der Waals surface area contributed by atoms with Crippen molar-refractivity contribution in [2.24, 2.45) is 0 Å². The van der Waals surface area contributed by atoms with Gasteiger partial charge in [0.25, 0.3) is 0 Å². The Morgan fingerprint density at radius 2 is 1.25 bits per heavy atom. The van der Waals surface area contributed by atoms with Crippen LogP contribution in [0.1, 0.15) is 6.92 Å². The average molecular weight is 411 g/mol. The summed E-state index contributed by atoms with van der Waals surface area (Å²) in [5, 5.41) is 0.539. The Bertz CT molecular complexity index is 564. The molecule has 0 N–H and O–H groups in total. The van der Waals surface area contributed by atoms with Crippen LogP contribution in [-0.2, 0) is 0 Å². The van der Waals surface area contributed by atoms with Crippen LogP contribution in [0.25, 0.3) is 0 Å². The van der Waals surface area contributed by atoms with Crippen LogP contribution in [0.5, 0.6) is 0 Å². The highest BCUT2D eigenvalue weighted by atomic mass is 32.3. The molecule has 0 bridgehead atoms. The normalized spacial score (nSPS) is 30.2. The minimum atomic E-state index is 0.539. The first-order valence-electron chi connectivity index (χ1n) is 5.94. The average Bonchev–Trinajstić information content (AvgIpc) is 3.02. The molecule has 0 aromatic heterocycles. The molecule has 106 valence electrons. The summed E-state index contributed by atoms with van der Waals surface area (Å²) >= 11 is 15.9. The third-order valence-corrected chi connectivity index (χ3v) is 14.9. The van der Waals surface area contributed by atoms with E-state index in [0.29, 0.717) is 5.25 Å². The van der Waals surface area contributed by atoms with Crippen molar-refractivity contribution < 1.29 is 0 Å². The lowest BCUT2D eigenvalue weighted by Gasteiger charge is -2.19. The molecule has 8 heteroatoms. The first-order chi connectivity index (χ1) is 9.70. The van der Waals surface area contributed by atoms with Crippen molar-refractivity contribution in [3.63, 3.8) is 0 Å². The summed E-state index contributed by atoms with van der Waals surface area (Å²) in [6.45, 7) is 6.44. The van der Waals surface area contributed by atoms with Gasteiger partial charge in [0, 0.05) is 16.8 Å². The number of hydrogen-bond donors (Lipinski definition) is 0. The van der Waals surface area contributed by atoms with Crippen molar-refractivity contribution in [2.75, 3.05) is 11.5 Å². The number of rotatable bonds is 0. The largest absolute Gasteiger partial charge is 0.116 e. The van der Waals surface area contributed by atoms with Crippen LogP contribution < -0.4 is 0 Å². The van der Waals surface area contributed by atoms with E-state index in [9.17, 15) is 0 Å². The molecule has 4 aliphatic rings. The highest BCUT2D eigenvalue weighted by Gasteiger charge is 2.34. The minimum Gasteiger partial charge on any atom is -0.116 e. The highest BCUT2D eigenvalue weighted by molar-refractivity contribution is 8.46. The molecule has 0 aromatic carbocycles. The summed E-state index contributed by atoms with van der Waals surface area (Å²) in [5.41, 5.74) is 0. The van der Waals surface area contributed by atoms with Gasteiger partial charge in [0.05, 0.1) is 25.4 Å². The van der Waals surface area contributed by atoms with Crippen molar-refractivity contribution >= 4 is 94.1 Å². The maximum Gasteiger partial charge on any atom is 0.0717 e. The lowest BCUT2D eigenvalue weighted by atomic mass is 10.5. The van der Waals surface area contributed by atoms with Crippen LogP contribution in [0.2, 0.25) is 0 Å². The van der Waals surface area contributed by atoms with Crippen molar-refractivity contribution in [2.45, 2.75) is 12.2 Å². The fourth-order valence-electron chi connectivity index (χ4n) is 1.72. The molecule has 0 radical (unpaired) electrons. The maximum absolute atomic E-state index is 4.18. The van der Waals surface area contributed by atoms with Gasteiger partial charge in [-0.25, -0.2) is 0 Å². The molecule has 0 nitrogen and oxygen atoms in total. The zero-order valence-corrected chi connectivity index (χ0v) is 17.0. The van der Waals surface area contributed by atoms with Crippen LogP contribution in [0.15, 0.2) is 36.9 Å². The summed E-state index contributed by atoms with van der Waals surface area (Å²) in [7, 11) is 0. The van der Waals surface area contributed by atoms with Gasteiger partial charge in [0.1, 0.15) is 0 Å². The second kappa shape index (κ2) is 6.34. The van der Waals surface area contributed by atoms with Crippen LogP contribution in [-0.4, -0.2) is 16.8 Å². The van der Waals surface area contributed by atoms with Crippen molar-refractivity contribution in [1.82, 2.24) is 0 Å². The number of hydrogen-bond acceptors (Lipinski definition) is 8. The van der Waals surface area contributed by atoms with E-state index < -0.39 is 0 Å². The third-order valence-electron chi connectivity index (χ3n) is 2.75. The van der Waals surface area contributed by atoms with E-state index in [1.54, 1.807) is 0 Å². The Hall–Kier alpha value is 1.76. The molecule has 0 unspecified atom stereocenters. The summed E-state index contributed by atoms with van der Waals surface area (Å²) < 4.78 is 9.02. The van der Waals surface area contributed by atoms with E-state index in [1.807, 2.05) is 94.1 Å². The van der Waals surface area contributed by atoms with E-state index >= 15 is 0 Å². The molecular formula is C12H10S8. The van der Waals surface area contributed by atoms with Gasteiger partial charge in [0.2, 0.25) is 0 Å². The van der Waals surface area contributed by atoms with Crippen molar-refractivity contribution in [3.05, 3.63) is 36.9 Å². The zero-order chi connectivity index (χ0) is 13.7. The quantitative estimate of drug-likeness (QED) is 0.406. The van der Waals surface area contributed by atoms with Gasteiger partial charge in [-0.15, -0.1) is 35.3 Å². The molecule has 1 atom stereocenters. The molecular weight excluding hydrogens is 401 g/mol. The molecule has 0 aliphatic carbocycles. The van der Waals surface area contributed by atoms with Gasteiger partial charge in [-0.2, -0.15) is 0 Å². The van der Waals surface area contributed by atoms with E-state index in [-0.39, 0.29) is 0 Å². The lowest BCUT2D eigenvalue weighted by Crippen LogP contribution is -2.00. The van der Waals surface area contributed by atoms with Gasteiger partial charge >= 0.3 is 0 Å². The molecule has 4 rings (SSSR count). The first-order valence-corrected chi connectivity index (χ1v) is 12.9. The van der Waals surface area contributed by atoms with Crippen LogP contribution in [0.4, 0.5) is 0 Å². The van der Waals surface area contributed by atoms with Gasteiger partial charge in [-0.1, -0.05) is 65.4 Å². The standard InChI is InChI=1S/C12H10S8/c1-5-6(2)16-10-9(15-5)19-12(20-10)11-17-7-8(18-11)14-4-3-13-7/h6H,1,3-4H2,2H3/t6-/m0/s1. The number of thioether (sulfide) groups is 8. The Labute approximate surface area is 153 Å². The van der Waals surface area contributed by atoms with Crippen LogP contribution in [0, 0.1) is 0 Å². The van der Waals surface area contributed by atoms with E-state index in [4.69, 9.17) is 0 Å². The summed E-state index contributed by atoms with van der Waals surface area (Å²) in [4.78, 5) is 1.29. The Morgan fingerprint density at radius 1 is 0.750 bits per heavy atom. The molecule has 0 spiro atoms. The van der Waals surface area contributed by atoms with E-state index in [2.05, 4.69) is 13.5 Å². The zero-order valence-electron chi connectivity index (χ0n) is 10.5. The monoisotopic (exact) mass is 410 g/mol. The summed E-state index contributed by atoms with van der Waals surface area (Å²) in [6, 6.07) is 0. The molecule has 4 heterocycles. The minimum absolute atomic E-state index is 0.539. The molecule has 0 fully saturated rings. The second-order valence-corrected chi connectivity index (χ2v) is 14.5. The SMILES string of the molecule is C=C1SC2=C(SC(=C3SC4=C(SCCS4)S3)S2)S[C@H]1C. The van der Waals surface area contributed by atoms with Gasteiger partial charge in [-0.3, -0.25) is 0 Å². The molecule has 4 aliphatic heterocycles. The topological polar surface area (TPSA) is 0 Å². The smallest absolute Gasteiger partial charge is 0.0717 e. The first kappa shape index (κ1) is 15.3. The van der Waals surface area contributed by atoms with Gasteiger partial charge in [-0.05, 0) is 11.8 Å². The van der Waals surface area contributed by atoms with Crippen LogP contribution in [0.3, 0.4) is 0 Å². The van der Waals surface area contributed by atoms with Gasteiger partial charge in [0.15, 0.2) is 0 Å². The summed E-state index contributed by atoms with van der Waals surface area (Å²) in [6.07, 6.45) is 0. The summed E-state index contributed by atoms with van der Waals surface area (Å²) in [5.74, 6) is 2.52. The third kappa shape index (κ3) is 2.92. The Balaban J connectivity index is 1.53. The molecule has 20 heavy (non-hydrogen) atoms. The predicted octanol–water partition coefficient (Wildman–Crippen LogP) is 7.19. The van der Waals surface area contributed by atoms with Crippen LogP contribution >= 0.6 is 94.1 Å². The molecule has 0 saturated heterocycles. The maximum atomic E-state index is 4.18. The Morgan fingerprint density at radius 3 is 1.90 bits per heavy atom.